The molecule has 0 saturated carbocycles. The van der Waals surface area contributed by atoms with Crippen LogP contribution in [0.15, 0.2) is 18.3 Å². The molecule has 2 rings (SSSR count). The first-order valence-electron chi connectivity index (χ1n) is 6.79. The number of hydrogen-bond donors (Lipinski definition) is 1. The maximum Gasteiger partial charge on any atom is 0.253 e. The Morgan fingerprint density at radius 2 is 2.16 bits per heavy atom. The summed E-state index contributed by atoms with van der Waals surface area (Å²) in [6.07, 6.45) is 5.33. The second-order valence-electron chi connectivity index (χ2n) is 4.90. The highest BCUT2D eigenvalue weighted by Gasteiger charge is 2.16. The molecule has 104 valence electrons. The quantitative estimate of drug-likeness (QED) is 0.885. The summed E-state index contributed by atoms with van der Waals surface area (Å²) in [6.45, 7) is 2.35. The number of aromatic nitrogens is 1. The number of rotatable bonds is 4. The van der Waals surface area contributed by atoms with Crippen molar-refractivity contribution >= 4 is 11.7 Å². The first-order valence-corrected chi connectivity index (χ1v) is 6.79. The predicted octanol–water partition coefficient (Wildman–Crippen LogP) is 1.14. The van der Waals surface area contributed by atoms with Gasteiger partial charge < -0.3 is 14.9 Å². The maximum atomic E-state index is 12.1. The van der Waals surface area contributed by atoms with Gasteiger partial charge in [0.15, 0.2) is 0 Å². The fourth-order valence-electron chi connectivity index (χ4n) is 2.32. The molecule has 19 heavy (non-hydrogen) atoms. The average molecular weight is 263 g/mol. The summed E-state index contributed by atoms with van der Waals surface area (Å²) in [4.78, 5) is 20.2. The van der Waals surface area contributed by atoms with Gasteiger partial charge in [0, 0.05) is 38.4 Å². The van der Waals surface area contributed by atoms with Crippen LogP contribution in [0.25, 0.3) is 0 Å². The normalized spacial score (nSPS) is 15.4. The van der Waals surface area contributed by atoms with E-state index in [0.29, 0.717) is 12.1 Å². The van der Waals surface area contributed by atoms with Crippen LogP contribution in [-0.4, -0.2) is 54.2 Å². The number of pyridine rings is 1. The Balaban J connectivity index is 2.12. The maximum absolute atomic E-state index is 12.1. The molecule has 2 heterocycles. The van der Waals surface area contributed by atoms with Crippen molar-refractivity contribution in [3.8, 4) is 0 Å². The lowest BCUT2D eigenvalue weighted by Gasteiger charge is -2.28. The van der Waals surface area contributed by atoms with Gasteiger partial charge in [0.05, 0.1) is 6.61 Å². The molecule has 0 atom stereocenters. The van der Waals surface area contributed by atoms with Crippen molar-refractivity contribution in [3.63, 3.8) is 0 Å². The van der Waals surface area contributed by atoms with Crippen LogP contribution >= 0.6 is 0 Å². The number of anilines is 1. The zero-order valence-corrected chi connectivity index (χ0v) is 11.4. The summed E-state index contributed by atoms with van der Waals surface area (Å²) >= 11 is 0. The molecular formula is C14H21N3O2. The third-order valence-electron chi connectivity index (χ3n) is 3.45. The van der Waals surface area contributed by atoms with Crippen LogP contribution in [-0.2, 0) is 0 Å². The van der Waals surface area contributed by atoms with Crippen molar-refractivity contribution < 1.29 is 9.90 Å². The van der Waals surface area contributed by atoms with E-state index >= 15 is 0 Å². The zero-order valence-electron chi connectivity index (χ0n) is 11.4. The first kappa shape index (κ1) is 13.8. The highest BCUT2D eigenvalue weighted by atomic mass is 16.3. The van der Waals surface area contributed by atoms with Gasteiger partial charge in [-0.3, -0.25) is 4.79 Å². The topological polar surface area (TPSA) is 56.7 Å². The molecule has 1 N–H and O–H groups in total. The number of hydrogen-bond acceptors (Lipinski definition) is 4. The number of likely N-dealkylation sites (N-methyl/N-ethyl adjacent to an activating group) is 1. The van der Waals surface area contributed by atoms with E-state index < -0.39 is 0 Å². The Hall–Kier alpha value is -1.62. The molecule has 0 aliphatic carbocycles. The second-order valence-corrected chi connectivity index (χ2v) is 4.90. The number of aliphatic hydroxyl groups excluding tert-OH is 1. The number of nitrogens with zero attached hydrogens (tertiary/aromatic N) is 3. The van der Waals surface area contributed by atoms with Crippen molar-refractivity contribution in [1.82, 2.24) is 9.88 Å². The van der Waals surface area contributed by atoms with E-state index in [0.717, 1.165) is 18.9 Å². The molecule has 0 radical (unpaired) electrons. The van der Waals surface area contributed by atoms with Gasteiger partial charge in [-0.2, -0.15) is 0 Å². The van der Waals surface area contributed by atoms with Gasteiger partial charge in [0.25, 0.3) is 5.91 Å². The molecule has 0 bridgehead atoms. The van der Waals surface area contributed by atoms with Crippen molar-refractivity contribution in [1.29, 1.82) is 0 Å². The van der Waals surface area contributed by atoms with E-state index in [4.69, 9.17) is 5.11 Å². The Labute approximate surface area is 113 Å². The van der Waals surface area contributed by atoms with Crippen LogP contribution in [0.5, 0.6) is 0 Å². The van der Waals surface area contributed by atoms with Crippen LogP contribution in [0.2, 0.25) is 0 Å². The fourth-order valence-corrected chi connectivity index (χ4v) is 2.32. The molecule has 1 saturated heterocycles. The summed E-state index contributed by atoms with van der Waals surface area (Å²) < 4.78 is 0. The molecule has 1 aliphatic rings. The second kappa shape index (κ2) is 6.52. The Morgan fingerprint density at radius 1 is 1.42 bits per heavy atom. The van der Waals surface area contributed by atoms with E-state index in [1.165, 1.54) is 24.2 Å². The number of piperidine rings is 1. The highest BCUT2D eigenvalue weighted by Crippen LogP contribution is 2.18. The summed E-state index contributed by atoms with van der Waals surface area (Å²) in [6, 6.07) is 3.57. The minimum Gasteiger partial charge on any atom is -0.395 e. The minimum absolute atomic E-state index is 0.0215. The lowest BCUT2D eigenvalue weighted by molar-refractivity contribution is 0.0767. The van der Waals surface area contributed by atoms with Gasteiger partial charge in [-0.15, -0.1) is 0 Å². The standard InChI is InChI=1S/C14H21N3O2/c1-16(9-10-18)14(19)12-5-6-15-13(11-12)17-7-3-2-4-8-17/h5-6,11,18H,2-4,7-10H2,1H3. The third kappa shape index (κ3) is 3.44. The number of amides is 1. The molecule has 1 aliphatic heterocycles. The molecule has 1 fully saturated rings. The van der Waals surface area contributed by atoms with Crippen LogP contribution in [0.4, 0.5) is 5.82 Å². The van der Waals surface area contributed by atoms with E-state index in [9.17, 15) is 4.79 Å². The van der Waals surface area contributed by atoms with Crippen LogP contribution < -0.4 is 4.90 Å². The van der Waals surface area contributed by atoms with Crippen molar-refractivity contribution in [2.24, 2.45) is 0 Å². The Kier molecular flexibility index (Phi) is 4.74. The van der Waals surface area contributed by atoms with Crippen LogP contribution in [0.3, 0.4) is 0 Å². The van der Waals surface area contributed by atoms with Crippen molar-refractivity contribution in [2.75, 3.05) is 38.2 Å². The van der Waals surface area contributed by atoms with Gasteiger partial charge in [-0.25, -0.2) is 4.98 Å². The Morgan fingerprint density at radius 3 is 2.84 bits per heavy atom. The Bertz CT molecular complexity index is 430. The molecule has 0 unspecified atom stereocenters. The average Bonchev–Trinajstić information content (AvgIpc) is 2.48. The van der Waals surface area contributed by atoms with E-state index in [2.05, 4.69) is 9.88 Å². The lowest BCUT2D eigenvalue weighted by Crippen LogP contribution is -2.32. The molecule has 1 amide bonds. The molecule has 1 aromatic rings. The summed E-state index contributed by atoms with van der Waals surface area (Å²) in [5.41, 5.74) is 0.631. The monoisotopic (exact) mass is 263 g/mol. The predicted molar refractivity (Wildman–Crippen MR) is 74.3 cm³/mol. The van der Waals surface area contributed by atoms with Crippen LogP contribution in [0.1, 0.15) is 29.6 Å². The van der Waals surface area contributed by atoms with E-state index in [1.807, 2.05) is 6.07 Å². The summed E-state index contributed by atoms with van der Waals surface area (Å²) in [7, 11) is 1.69. The van der Waals surface area contributed by atoms with Gasteiger partial charge in [-0.1, -0.05) is 0 Å². The molecule has 1 aromatic heterocycles. The molecule has 5 heteroatoms. The van der Waals surface area contributed by atoms with Gasteiger partial charge >= 0.3 is 0 Å². The summed E-state index contributed by atoms with van der Waals surface area (Å²) in [5.74, 6) is 0.803. The number of carbonyl (C=O) groups excluding carboxylic acids is 1. The fraction of sp³-hybridized carbons (Fsp3) is 0.571. The van der Waals surface area contributed by atoms with Crippen molar-refractivity contribution in [2.45, 2.75) is 19.3 Å². The molecular weight excluding hydrogens is 242 g/mol. The highest BCUT2D eigenvalue weighted by molar-refractivity contribution is 5.94. The van der Waals surface area contributed by atoms with Gasteiger partial charge in [0.2, 0.25) is 0 Å². The van der Waals surface area contributed by atoms with Gasteiger partial charge in [0.1, 0.15) is 5.82 Å². The van der Waals surface area contributed by atoms with E-state index in [-0.39, 0.29) is 12.5 Å². The smallest absolute Gasteiger partial charge is 0.253 e. The summed E-state index contributed by atoms with van der Waals surface area (Å²) in [5, 5.41) is 8.88. The van der Waals surface area contributed by atoms with Crippen molar-refractivity contribution in [3.05, 3.63) is 23.9 Å². The van der Waals surface area contributed by atoms with E-state index in [1.54, 1.807) is 19.3 Å². The molecule has 5 nitrogen and oxygen atoms in total. The van der Waals surface area contributed by atoms with Gasteiger partial charge in [-0.05, 0) is 31.4 Å². The third-order valence-corrected chi connectivity index (χ3v) is 3.45. The minimum atomic E-state index is -0.0743. The first-order chi connectivity index (χ1) is 9.22. The molecule has 0 spiro atoms. The largest absolute Gasteiger partial charge is 0.395 e. The number of carbonyl (C=O) groups is 1. The van der Waals surface area contributed by atoms with Crippen LogP contribution in [0, 0.1) is 0 Å². The molecule has 0 aromatic carbocycles. The SMILES string of the molecule is CN(CCO)C(=O)c1ccnc(N2CCCCC2)c1. The zero-order chi connectivity index (χ0) is 13.7. The lowest BCUT2D eigenvalue weighted by atomic mass is 10.1. The number of aliphatic hydroxyl groups is 1.